The summed E-state index contributed by atoms with van der Waals surface area (Å²) >= 11 is 0. The maximum atomic E-state index is 10.8. The van der Waals surface area contributed by atoms with Crippen molar-refractivity contribution in [3.8, 4) is 0 Å². The van der Waals surface area contributed by atoms with Crippen LogP contribution in [0.2, 0.25) is 0 Å². The molecule has 0 aromatic heterocycles. The molecule has 5 heteroatoms. The predicted octanol–water partition coefficient (Wildman–Crippen LogP) is 5.86. The maximum absolute atomic E-state index is 10.8. The second-order valence-corrected chi connectivity index (χ2v) is 13.1. The molecule has 0 aromatic carbocycles. The predicted molar refractivity (Wildman–Crippen MR) is 150 cm³/mol. The number of allylic oxidation sites excluding steroid dienone is 3. The molecule has 3 aliphatic rings. The van der Waals surface area contributed by atoms with Crippen LogP contribution in [0.3, 0.4) is 0 Å². The van der Waals surface area contributed by atoms with Crippen LogP contribution in [0, 0.1) is 23.2 Å². The van der Waals surface area contributed by atoms with E-state index in [4.69, 9.17) is 9.84 Å². The molecule has 4 N–H and O–H groups in total. The summed E-state index contributed by atoms with van der Waals surface area (Å²) in [5.74, 6) is 1.99. The van der Waals surface area contributed by atoms with Gasteiger partial charge in [-0.2, -0.15) is 0 Å². The molecule has 0 spiro atoms. The number of aliphatic hydroxyl groups is 4. The molecule has 0 bridgehead atoms. The minimum absolute atomic E-state index is 0.179. The van der Waals surface area contributed by atoms with Crippen molar-refractivity contribution in [1.82, 2.24) is 0 Å². The molecule has 0 aliphatic heterocycles. The molecule has 5 nitrogen and oxygen atoms in total. The molecule has 7 atom stereocenters. The third kappa shape index (κ3) is 7.79. The van der Waals surface area contributed by atoms with Crippen LogP contribution in [0.1, 0.15) is 105 Å². The van der Waals surface area contributed by atoms with Gasteiger partial charge < -0.3 is 25.2 Å². The minimum atomic E-state index is -0.900. The Bertz CT molecular complexity index is 808. The average molecular weight is 519 g/mol. The van der Waals surface area contributed by atoms with Gasteiger partial charge in [-0.05, 0) is 106 Å². The van der Waals surface area contributed by atoms with Crippen molar-refractivity contribution in [3.63, 3.8) is 0 Å². The second-order valence-electron chi connectivity index (χ2n) is 13.1. The second kappa shape index (κ2) is 13.4. The van der Waals surface area contributed by atoms with Crippen molar-refractivity contribution in [2.45, 2.75) is 129 Å². The van der Waals surface area contributed by atoms with Crippen molar-refractivity contribution in [3.05, 3.63) is 35.5 Å². The summed E-state index contributed by atoms with van der Waals surface area (Å²) in [5, 5.41) is 40.6. The third-order valence-corrected chi connectivity index (χ3v) is 9.67. The van der Waals surface area contributed by atoms with Crippen LogP contribution < -0.4 is 0 Å². The van der Waals surface area contributed by atoms with Crippen molar-refractivity contribution < 1.29 is 25.2 Å². The summed E-state index contributed by atoms with van der Waals surface area (Å²) in [7, 11) is 0. The Balaban J connectivity index is 1.63. The summed E-state index contributed by atoms with van der Waals surface area (Å²) in [6.45, 7) is 13.5. The molecular formula is C32H54O5. The highest BCUT2D eigenvalue weighted by atomic mass is 16.5. The fourth-order valence-corrected chi connectivity index (χ4v) is 7.54. The Morgan fingerprint density at radius 2 is 1.89 bits per heavy atom. The fourth-order valence-electron chi connectivity index (χ4n) is 7.54. The Hall–Kier alpha value is -0.980. The van der Waals surface area contributed by atoms with Gasteiger partial charge in [0, 0.05) is 19.6 Å². The lowest BCUT2D eigenvalue weighted by Gasteiger charge is -2.44. The molecule has 3 saturated carbocycles. The van der Waals surface area contributed by atoms with Gasteiger partial charge in [-0.1, -0.05) is 51.0 Å². The van der Waals surface area contributed by atoms with E-state index < -0.39 is 23.9 Å². The molecule has 0 unspecified atom stereocenters. The highest BCUT2D eigenvalue weighted by Gasteiger charge is 2.50. The number of hydrogen-bond donors (Lipinski definition) is 4. The zero-order valence-corrected chi connectivity index (χ0v) is 23.9. The van der Waals surface area contributed by atoms with Gasteiger partial charge in [0.15, 0.2) is 0 Å². The highest BCUT2D eigenvalue weighted by Crippen LogP contribution is 2.60. The molecule has 37 heavy (non-hydrogen) atoms. The van der Waals surface area contributed by atoms with Crippen LogP contribution in [0.25, 0.3) is 0 Å². The molecule has 3 fully saturated rings. The lowest BCUT2D eigenvalue weighted by Crippen LogP contribution is -2.45. The van der Waals surface area contributed by atoms with E-state index in [0.717, 1.165) is 50.0 Å². The van der Waals surface area contributed by atoms with E-state index >= 15 is 0 Å². The van der Waals surface area contributed by atoms with Gasteiger partial charge in [-0.3, -0.25) is 0 Å². The van der Waals surface area contributed by atoms with Crippen molar-refractivity contribution >= 4 is 0 Å². The van der Waals surface area contributed by atoms with E-state index in [1.54, 1.807) is 0 Å². The highest BCUT2D eigenvalue weighted by molar-refractivity contribution is 5.40. The van der Waals surface area contributed by atoms with Crippen LogP contribution in [0.5, 0.6) is 0 Å². The van der Waals surface area contributed by atoms with Crippen LogP contribution >= 0.6 is 0 Å². The van der Waals surface area contributed by atoms with E-state index in [0.29, 0.717) is 35.9 Å². The van der Waals surface area contributed by atoms with Gasteiger partial charge >= 0.3 is 0 Å². The van der Waals surface area contributed by atoms with Crippen LogP contribution in [-0.2, 0) is 4.74 Å². The topological polar surface area (TPSA) is 90.2 Å². The molecule has 0 heterocycles. The van der Waals surface area contributed by atoms with E-state index in [1.165, 1.54) is 37.7 Å². The van der Waals surface area contributed by atoms with Gasteiger partial charge in [0.05, 0.1) is 11.7 Å². The standard InChI is InChI=1S/C32H54O5/c1-22(11-9-17-31(3,4)36)26-15-16-27-24(12-10-18-32(26,27)5)13-14-25-21-28(34)30(29(35)23(25)2)37-20-8-6-7-19-33/h13-14,22,26-30,33-36H,2,6-12,15-21H2,1,3-5H3/b24-13+,25-14+/t22-,26-,27+,28-,29-,30-,32-/m1/s1. The third-order valence-electron chi connectivity index (χ3n) is 9.67. The molecule has 0 saturated heterocycles. The first kappa shape index (κ1) is 30.6. The SMILES string of the molecule is C=C1/C(=C/C=C2\CCC[C@]3(C)[C@@H]([C@H](C)CCCC(C)(C)O)CC[C@@H]23)C[C@@H](O)[C@@H](OCCCCCO)[C@@H]1O. The van der Waals surface area contributed by atoms with Crippen LogP contribution in [-0.4, -0.2) is 57.6 Å². The molecule has 0 radical (unpaired) electrons. The maximum Gasteiger partial charge on any atom is 0.114 e. The first-order chi connectivity index (χ1) is 17.5. The Morgan fingerprint density at radius 1 is 1.14 bits per heavy atom. The minimum Gasteiger partial charge on any atom is -0.396 e. The van der Waals surface area contributed by atoms with Gasteiger partial charge in [-0.25, -0.2) is 0 Å². The summed E-state index contributed by atoms with van der Waals surface area (Å²) in [5.41, 5.74) is 2.85. The summed E-state index contributed by atoms with van der Waals surface area (Å²) in [4.78, 5) is 0. The van der Waals surface area contributed by atoms with E-state index in [9.17, 15) is 15.3 Å². The van der Waals surface area contributed by atoms with Gasteiger partial charge in [-0.15, -0.1) is 0 Å². The molecule has 3 rings (SSSR count). The van der Waals surface area contributed by atoms with Crippen molar-refractivity contribution in [2.24, 2.45) is 23.2 Å². The number of ether oxygens (including phenoxy) is 1. The van der Waals surface area contributed by atoms with E-state index in [-0.39, 0.29) is 6.61 Å². The van der Waals surface area contributed by atoms with Gasteiger partial charge in [0.25, 0.3) is 0 Å². The van der Waals surface area contributed by atoms with Crippen molar-refractivity contribution in [1.29, 1.82) is 0 Å². The molecule has 0 aromatic rings. The normalized spacial score (nSPS) is 35.8. The number of unbranched alkanes of at least 4 members (excludes halogenated alkanes) is 2. The number of rotatable bonds is 12. The van der Waals surface area contributed by atoms with Crippen LogP contribution in [0.4, 0.5) is 0 Å². The largest absolute Gasteiger partial charge is 0.396 e. The van der Waals surface area contributed by atoms with Gasteiger partial charge in [0.1, 0.15) is 12.2 Å². The Labute approximate surface area is 225 Å². The Morgan fingerprint density at radius 3 is 2.59 bits per heavy atom. The Kier molecular flexibility index (Phi) is 11.1. The van der Waals surface area contributed by atoms with Gasteiger partial charge in [0.2, 0.25) is 0 Å². The van der Waals surface area contributed by atoms with E-state index in [2.05, 4.69) is 32.6 Å². The van der Waals surface area contributed by atoms with Crippen LogP contribution in [0.15, 0.2) is 35.5 Å². The molecule has 212 valence electrons. The number of fused-ring (bicyclic) bond motifs is 1. The lowest BCUT2D eigenvalue weighted by molar-refractivity contribution is -0.0956. The summed E-state index contributed by atoms with van der Waals surface area (Å²) < 4.78 is 5.82. The fraction of sp³-hybridized carbons (Fsp3) is 0.812. The average Bonchev–Trinajstić information content (AvgIpc) is 3.19. The van der Waals surface area contributed by atoms with E-state index in [1.807, 2.05) is 13.8 Å². The summed E-state index contributed by atoms with van der Waals surface area (Å²) in [6.07, 6.45) is 14.2. The molecule has 3 aliphatic carbocycles. The molecular weight excluding hydrogens is 464 g/mol. The smallest absolute Gasteiger partial charge is 0.114 e. The zero-order valence-electron chi connectivity index (χ0n) is 23.9. The molecule has 0 amide bonds. The summed E-state index contributed by atoms with van der Waals surface area (Å²) in [6, 6.07) is 0. The number of aliphatic hydroxyl groups excluding tert-OH is 3. The van der Waals surface area contributed by atoms with Crippen molar-refractivity contribution in [2.75, 3.05) is 13.2 Å². The zero-order chi connectivity index (χ0) is 27.2. The lowest BCUT2D eigenvalue weighted by atomic mass is 9.60. The quantitative estimate of drug-likeness (QED) is 0.243. The first-order valence-corrected chi connectivity index (χ1v) is 14.9. The first-order valence-electron chi connectivity index (χ1n) is 14.9. The number of hydrogen-bond acceptors (Lipinski definition) is 5. The monoisotopic (exact) mass is 518 g/mol.